The third-order valence-corrected chi connectivity index (χ3v) is 4.44. The molecular weight excluding hydrogens is 272 g/mol. The van der Waals surface area contributed by atoms with E-state index in [1.165, 1.54) is 5.39 Å². The molecule has 0 aliphatic heterocycles. The number of carbonyl (C=O) groups excluding carboxylic acids is 1. The molecule has 0 atom stereocenters. The van der Waals surface area contributed by atoms with E-state index in [4.69, 9.17) is 0 Å². The number of para-hydroxylation sites is 2. The molecule has 2 aromatic carbocycles. The summed E-state index contributed by atoms with van der Waals surface area (Å²) in [6.07, 6.45) is 3.01. The summed E-state index contributed by atoms with van der Waals surface area (Å²) in [6, 6.07) is 18.4. The van der Waals surface area contributed by atoms with Crippen LogP contribution in [-0.2, 0) is 0 Å². The van der Waals surface area contributed by atoms with Gasteiger partial charge in [-0.3, -0.25) is 4.79 Å². The minimum atomic E-state index is 0.743. The van der Waals surface area contributed by atoms with Crippen LogP contribution in [0.25, 0.3) is 38.2 Å². The van der Waals surface area contributed by atoms with Gasteiger partial charge in [-0.25, -0.2) is 0 Å². The molecule has 0 saturated heterocycles. The van der Waals surface area contributed by atoms with Crippen molar-refractivity contribution >= 4 is 44.5 Å². The van der Waals surface area contributed by atoms with Crippen molar-refractivity contribution in [2.24, 2.45) is 0 Å². The maximum atomic E-state index is 11.7. The highest BCUT2D eigenvalue weighted by molar-refractivity contribution is 6.18. The third-order valence-electron chi connectivity index (χ3n) is 4.44. The Balaban J connectivity index is 2.15. The Labute approximate surface area is 125 Å². The first kappa shape index (κ1) is 11.6. The summed E-state index contributed by atoms with van der Waals surface area (Å²) in [7, 11) is 0. The van der Waals surface area contributed by atoms with E-state index in [1.807, 2.05) is 42.6 Å². The molecule has 5 aromatic rings. The Morgan fingerprint density at radius 3 is 2.50 bits per heavy atom. The van der Waals surface area contributed by atoms with Crippen molar-refractivity contribution in [2.75, 3.05) is 0 Å². The van der Waals surface area contributed by atoms with E-state index in [9.17, 15) is 4.79 Å². The molecule has 22 heavy (non-hydrogen) atoms. The molecule has 3 nitrogen and oxygen atoms in total. The van der Waals surface area contributed by atoms with Crippen molar-refractivity contribution in [3.63, 3.8) is 0 Å². The molecular formula is C19H12N2O. The Bertz CT molecular complexity index is 1190. The van der Waals surface area contributed by atoms with Crippen molar-refractivity contribution in [1.82, 2.24) is 9.38 Å². The molecule has 0 bridgehead atoms. The zero-order chi connectivity index (χ0) is 14.7. The van der Waals surface area contributed by atoms with Crippen LogP contribution in [0, 0.1) is 0 Å². The molecule has 0 spiro atoms. The molecule has 0 amide bonds. The van der Waals surface area contributed by atoms with E-state index < -0.39 is 0 Å². The Morgan fingerprint density at radius 1 is 0.864 bits per heavy atom. The molecule has 104 valence electrons. The number of hydrogen-bond donors (Lipinski definition) is 1. The number of nitrogens with one attached hydrogen (secondary N) is 1. The zero-order valence-corrected chi connectivity index (χ0v) is 11.7. The van der Waals surface area contributed by atoms with Crippen molar-refractivity contribution < 1.29 is 4.79 Å². The zero-order valence-electron chi connectivity index (χ0n) is 11.7. The number of rotatable bonds is 1. The highest BCUT2D eigenvalue weighted by Gasteiger charge is 2.15. The summed E-state index contributed by atoms with van der Waals surface area (Å²) < 4.78 is 2.09. The molecule has 3 heterocycles. The van der Waals surface area contributed by atoms with E-state index >= 15 is 0 Å². The first-order chi connectivity index (χ1) is 10.9. The van der Waals surface area contributed by atoms with Gasteiger partial charge in [0.25, 0.3) is 0 Å². The molecule has 0 aliphatic rings. The van der Waals surface area contributed by atoms with E-state index in [1.54, 1.807) is 0 Å². The minimum Gasteiger partial charge on any atom is -0.353 e. The number of aldehydes is 1. The lowest BCUT2D eigenvalue weighted by atomic mass is 10.1. The summed E-state index contributed by atoms with van der Waals surface area (Å²) in [5.41, 5.74) is 4.85. The van der Waals surface area contributed by atoms with Crippen molar-refractivity contribution in [3.8, 4) is 0 Å². The van der Waals surface area contributed by atoms with Gasteiger partial charge in [0.05, 0.1) is 16.6 Å². The summed E-state index contributed by atoms with van der Waals surface area (Å²) in [5.74, 6) is 0. The summed E-state index contributed by atoms with van der Waals surface area (Å²) in [5, 5.41) is 3.32. The average Bonchev–Trinajstić information content (AvgIpc) is 3.10. The fraction of sp³-hybridized carbons (Fsp3) is 0. The van der Waals surface area contributed by atoms with Crippen LogP contribution in [0.2, 0.25) is 0 Å². The van der Waals surface area contributed by atoms with Crippen molar-refractivity contribution in [3.05, 3.63) is 66.4 Å². The van der Waals surface area contributed by atoms with Gasteiger partial charge in [-0.2, -0.15) is 0 Å². The van der Waals surface area contributed by atoms with E-state index in [0.29, 0.717) is 0 Å². The highest BCUT2D eigenvalue weighted by atomic mass is 16.1. The molecule has 3 aromatic heterocycles. The van der Waals surface area contributed by atoms with Gasteiger partial charge in [-0.1, -0.05) is 36.4 Å². The predicted molar refractivity (Wildman–Crippen MR) is 89.7 cm³/mol. The van der Waals surface area contributed by atoms with Gasteiger partial charge in [0.15, 0.2) is 6.29 Å². The lowest BCUT2D eigenvalue weighted by molar-refractivity contribution is 0.112. The van der Waals surface area contributed by atoms with Crippen LogP contribution in [-0.4, -0.2) is 15.7 Å². The molecule has 1 N–H and O–H groups in total. The fourth-order valence-electron chi connectivity index (χ4n) is 3.49. The number of fused-ring (bicyclic) bond motifs is 7. The summed E-state index contributed by atoms with van der Waals surface area (Å²) >= 11 is 0. The predicted octanol–water partition coefficient (Wildman–Crippen LogP) is 4.54. The van der Waals surface area contributed by atoms with Crippen LogP contribution in [0.15, 0.2) is 60.8 Å². The quantitative estimate of drug-likeness (QED) is 0.451. The number of hydrogen-bond acceptors (Lipinski definition) is 1. The summed E-state index contributed by atoms with van der Waals surface area (Å²) in [4.78, 5) is 15.2. The van der Waals surface area contributed by atoms with Gasteiger partial charge < -0.3 is 9.38 Å². The normalized spacial score (nSPS) is 11.8. The number of H-pyrrole nitrogens is 1. The standard InChI is InChI=1S/C19H12N2O/c22-11-15-13-6-2-4-8-17(13)21-10-9-14-12-5-1-3-7-16(12)20-18(14)19(15)21/h1-11,20H. The number of aromatic nitrogens is 2. The fourth-order valence-corrected chi connectivity index (χ4v) is 3.49. The van der Waals surface area contributed by atoms with Gasteiger partial charge in [-0.05, 0) is 18.2 Å². The number of aromatic amines is 1. The second kappa shape index (κ2) is 3.98. The lowest BCUT2D eigenvalue weighted by Gasteiger charge is -1.99. The lowest BCUT2D eigenvalue weighted by Crippen LogP contribution is -1.86. The number of benzene rings is 2. The Hall–Kier alpha value is -3.07. The van der Waals surface area contributed by atoms with Crippen molar-refractivity contribution in [2.45, 2.75) is 0 Å². The SMILES string of the molecule is O=Cc1c2ccccc2n2ccc3c4ccccc4[nH]c3c12. The molecule has 5 rings (SSSR count). The van der Waals surface area contributed by atoms with Crippen LogP contribution in [0.1, 0.15) is 10.4 Å². The molecule has 0 unspecified atom stereocenters. The Morgan fingerprint density at radius 2 is 1.64 bits per heavy atom. The molecule has 0 radical (unpaired) electrons. The highest BCUT2D eigenvalue weighted by Crippen LogP contribution is 2.33. The van der Waals surface area contributed by atoms with Crippen LogP contribution in [0.5, 0.6) is 0 Å². The topological polar surface area (TPSA) is 37.3 Å². The second-order valence-corrected chi connectivity index (χ2v) is 5.54. The smallest absolute Gasteiger partial charge is 0.152 e. The van der Waals surface area contributed by atoms with Gasteiger partial charge in [0.1, 0.15) is 0 Å². The van der Waals surface area contributed by atoms with Crippen molar-refractivity contribution in [1.29, 1.82) is 0 Å². The molecule has 3 heteroatoms. The first-order valence-corrected chi connectivity index (χ1v) is 7.26. The van der Waals surface area contributed by atoms with E-state index in [2.05, 4.69) is 27.6 Å². The molecule has 0 fully saturated rings. The molecule has 0 saturated carbocycles. The maximum absolute atomic E-state index is 11.7. The summed E-state index contributed by atoms with van der Waals surface area (Å²) in [6.45, 7) is 0. The van der Waals surface area contributed by atoms with Crippen LogP contribution < -0.4 is 0 Å². The van der Waals surface area contributed by atoms with E-state index in [0.717, 1.165) is 44.7 Å². The maximum Gasteiger partial charge on any atom is 0.152 e. The number of pyridine rings is 1. The van der Waals surface area contributed by atoms with Crippen LogP contribution >= 0.6 is 0 Å². The minimum absolute atomic E-state index is 0.743. The van der Waals surface area contributed by atoms with Gasteiger partial charge in [0, 0.05) is 33.4 Å². The Kier molecular flexibility index (Phi) is 2.09. The second-order valence-electron chi connectivity index (χ2n) is 5.54. The number of carbonyl (C=O) groups is 1. The average molecular weight is 284 g/mol. The van der Waals surface area contributed by atoms with Gasteiger partial charge in [-0.15, -0.1) is 0 Å². The van der Waals surface area contributed by atoms with E-state index in [-0.39, 0.29) is 0 Å². The first-order valence-electron chi connectivity index (χ1n) is 7.26. The van der Waals surface area contributed by atoms with Gasteiger partial charge >= 0.3 is 0 Å². The third kappa shape index (κ3) is 1.28. The monoisotopic (exact) mass is 284 g/mol. The largest absolute Gasteiger partial charge is 0.353 e. The van der Waals surface area contributed by atoms with Crippen LogP contribution in [0.4, 0.5) is 0 Å². The molecule has 0 aliphatic carbocycles. The van der Waals surface area contributed by atoms with Gasteiger partial charge in [0.2, 0.25) is 0 Å². The van der Waals surface area contributed by atoms with Crippen LogP contribution in [0.3, 0.4) is 0 Å². The number of nitrogens with zero attached hydrogens (tertiary/aromatic N) is 1.